The molecule has 4 aromatic rings. The minimum atomic E-state index is -0.376. The normalized spacial score (nSPS) is 14.2. The van der Waals surface area contributed by atoms with Gasteiger partial charge in [0.25, 0.3) is 5.56 Å². The quantitative estimate of drug-likeness (QED) is 0.599. The number of amides is 1. The fourth-order valence-corrected chi connectivity index (χ4v) is 3.76. The van der Waals surface area contributed by atoms with E-state index < -0.39 is 0 Å². The van der Waals surface area contributed by atoms with Crippen molar-refractivity contribution in [2.75, 3.05) is 5.32 Å². The number of furan rings is 1. The Kier molecular flexibility index (Phi) is 3.39. The molecule has 1 aliphatic carbocycles. The number of carbonyl (C=O) groups is 1. The molecule has 1 amide bonds. The van der Waals surface area contributed by atoms with Gasteiger partial charge < -0.3 is 9.73 Å². The van der Waals surface area contributed by atoms with E-state index in [4.69, 9.17) is 4.42 Å². The van der Waals surface area contributed by atoms with E-state index in [1.165, 1.54) is 22.2 Å². The molecule has 0 spiro atoms. The highest BCUT2D eigenvalue weighted by Crippen LogP contribution is 2.40. The van der Waals surface area contributed by atoms with Crippen LogP contribution in [0.15, 0.2) is 45.2 Å². The van der Waals surface area contributed by atoms with Crippen LogP contribution in [0.5, 0.6) is 0 Å². The second-order valence-corrected chi connectivity index (χ2v) is 7.21. The Morgan fingerprint density at radius 2 is 2.19 bits per heavy atom. The molecule has 8 heteroatoms. The predicted octanol–water partition coefficient (Wildman–Crippen LogP) is 3.12. The molecular weight excluding hydrogens is 352 g/mol. The van der Waals surface area contributed by atoms with E-state index >= 15 is 0 Å². The first-order chi connectivity index (χ1) is 12.7. The van der Waals surface area contributed by atoms with E-state index in [1.807, 2.05) is 23.6 Å². The lowest BCUT2D eigenvalue weighted by Gasteiger charge is -2.04. The molecule has 1 saturated carbocycles. The van der Waals surface area contributed by atoms with E-state index in [0.29, 0.717) is 22.1 Å². The van der Waals surface area contributed by atoms with Crippen LogP contribution in [0.3, 0.4) is 0 Å². The molecule has 1 N–H and O–H groups in total. The Balaban J connectivity index is 1.41. The monoisotopic (exact) mass is 366 g/mol. The van der Waals surface area contributed by atoms with E-state index in [-0.39, 0.29) is 23.6 Å². The maximum atomic E-state index is 12.6. The summed E-state index contributed by atoms with van der Waals surface area (Å²) in [6.45, 7) is -0.142. The van der Waals surface area contributed by atoms with Crippen LogP contribution in [-0.2, 0) is 11.3 Å². The maximum Gasteiger partial charge on any atom is 0.297 e. The van der Waals surface area contributed by atoms with Gasteiger partial charge in [0.15, 0.2) is 5.13 Å². The SMILES string of the molecule is O=C(Cn1cnc2c(oc3ccccc32)c1=O)Nc1nc(C2CC2)cs1. The molecule has 7 nitrogen and oxygen atoms in total. The van der Waals surface area contributed by atoms with Gasteiger partial charge in [-0.1, -0.05) is 12.1 Å². The molecule has 3 aromatic heterocycles. The van der Waals surface area contributed by atoms with E-state index in [9.17, 15) is 9.59 Å². The van der Waals surface area contributed by atoms with E-state index in [2.05, 4.69) is 15.3 Å². The number of carbonyl (C=O) groups excluding carboxylic acids is 1. The van der Waals surface area contributed by atoms with Crippen molar-refractivity contribution in [3.63, 3.8) is 0 Å². The average molecular weight is 366 g/mol. The Morgan fingerprint density at radius 3 is 3.04 bits per heavy atom. The number of nitrogens with one attached hydrogen (secondary N) is 1. The second kappa shape index (κ2) is 5.77. The first-order valence-corrected chi connectivity index (χ1v) is 9.19. The molecule has 0 bridgehead atoms. The number of thiazole rings is 1. The zero-order valence-corrected chi connectivity index (χ0v) is 14.5. The number of para-hydroxylation sites is 1. The van der Waals surface area contributed by atoms with Crippen molar-refractivity contribution in [2.24, 2.45) is 0 Å². The molecular formula is C18H14N4O3S. The smallest absolute Gasteiger partial charge is 0.297 e. The third-order valence-electron chi connectivity index (χ3n) is 4.43. The Labute approximate surface area is 151 Å². The van der Waals surface area contributed by atoms with Gasteiger partial charge in [-0.15, -0.1) is 11.3 Å². The van der Waals surface area contributed by atoms with E-state index in [0.717, 1.165) is 23.9 Å². The standard InChI is InChI=1S/C18H14N4O3S/c23-14(21-18-20-12(8-26-18)10-5-6-10)7-22-9-19-15-11-3-1-2-4-13(11)25-16(15)17(22)24/h1-4,8-10H,5-7H2,(H,20,21,23). The third kappa shape index (κ3) is 2.59. The van der Waals surface area contributed by atoms with Crippen LogP contribution in [0.1, 0.15) is 24.5 Å². The third-order valence-corrected chi connectivity index (χ3v) is 5.20. The molecule has 1 aliphatic rings. The van der Waals surface area contributed by atoms with Gasteiger partial charge >= 0.3 is 0 Å². The molecule has 0 saturated heterocycles. The zero-order valence-electron chi connectivity index (χ0n) is 13.6. The van der Waals surface area contributed by atoms with Crippen LogP contribution in [0, 0.1) is 0 Å². The van der Waals surface area contributed by atoms with Crippen molar-refractivity contribution in [1.82, 2.24) is 14.5 Å². The van der Waals surface area contributed by atoms with Crippen LogP contribution >= 0.6 is 11.3 Å². The Hall–Kier alpha value is -3.00. The lowest BCUT2D eigenvalue weighted by Crippen LogP contribution is -2.27. The van der Waals surface area contributed by atoms with Gasteiger partial charge in [0.05, 0.1) is 12.0 Å². The van der Waals surface area contributed by atoms with Crippen LogP contribution in [-0.4, -0.2) is 20.4 Å². The number of nitrogens with zero attached hydrogens (tertiary/aromatic N) is 3. The Bertz CT molecular complexity index is 1200. The molecule has 3 heterocycles. The van der Waals surface area contributed by atoms with Crippen LogP contribution in [0.2, 0.25) is 0 Å². The van der Waals surface area contributed by atoms with Gasteiger partial charge in [0, 0.05) is 16.7 Å². The molecule has 1 fully saturated rings. The summed E-state index contributed by atoms with van der Waals surface area (Å²) in [5.74, 6) is 0.222. The molecule has 0 aliphatic heterocycles. The summed E-state index contributed by atoms with van der Waals surface area (Å²) >= 11 is 1.40. The lowest BCUT2D eigenvalue weighted by atomic mass is 10.2. The summed E-state index contributed by atoms with van der Waals surface area (Å²) in [5.41, 5.74) is 1.93. The van der Waals surface area contributed by atoms with Crippen LogP contribution < -0.4 is 10.9 Å². The van der Waals surface area contributed by atoms with Crippen molar-refractivity contribution in [2.45, 2.75) is 25.3 Å². The Morgan fingerprint density at radius 1 is 1.35 bits per heavy atom. The van der Waals surface area contributed by atoms with Gasteiger partial charge in [-0.3, -0.25) is 14.2 Å². The van der Waals surface area contributed by atoms with Gasteiger partial charge in [-0.2, -0.15) is 0 Å². The highest BCUT2D eigenvalue weighted by atomic mass is 32.1. The first-order valence-electron chi connectivity index (χ1n) is 8.31. The van der Waals surface area contributed by atoms with Crippen LogP contribution in [0.4, 0.5) is 5.13 Å². The summed E-state index contributed by atoms with van der Waals surface area (Å²) in [6, 6.07) is 7.33. The van der Waals surface area contributed by atoms with Crippen molar-refractivity contribution in [3.05, 3.63) is 52.0 Å². The summed E-state index contributed by atoms with van der Waals surface area (Å²) in [6.07, 6.45) is 3.70. The minimum absolute atomic E-state index is 0.142. The minimum Gasteiger partial charge on any atom is -0.448 e. The predicted molar refractivity (Wildman–Crippen MR) is 98.5 cm³/mol. The van der Waals surface area contributed by atoms with Crippen molar-refractivity contribution in [3.8, 4) is 0 Å². The molecule has 1 aromatic carbocycles. The largest absolute Gasteiger partial charge is 0.448 e. The fraction of sp³-hybridized carbons (Fsp3) is 0.222. The van der Waals surface area contributed by atoms with Crippen molar-refractivity contribution in [1.29, 1.82) is 0 Å². The topological polar surface area (TPSA) is 90.0 Å². The number of hydrogen-bond acceptors (Lipinski definition) is 6. The second-order valence-electron chi connectivity index (χ2n) is 6.35. The van der Waals surface area contributed by atoms with Crippen LogP contribution in [0.25, 0.3) is 22.1 Å². The van der Waals surface area contributed by atoms with Gasteiger partial charge in [0.1, 0.15) is 17.6 Å². The number of benzene rings is 1. The first kappa shape index (κ1) is 15.3. The van der Waals surface area contributed by atoms with Gasteiger partial charge in [-0.25, -0.2) is 9.97 Å². The molecule has 26 heavy (non-hydrogen) atoms. The number of fused-ring (bicyclic) bond motifs is 3. The van der Waals surface area contributed by atoms with Crippen molar-refractivity contribution < 1.29 is 9.21 Å². The average Bonchev–Trinajstić information content (AvgIpc) is 3.27. The molecule has 130 valence electrons. The maximum absolute atomic E-state index is 12.6. The van der Waals surface area contributed by atoms with Gasteiger partial charge in [-0.05, 0) is 25.0 Å². The summed E-state index contributed by atoms with van der Waals surface area (Å²) in [7, 11) is 0. The molecule has 0 unspecified atom stereocenters. The fourth-order valence-electron chi connectivity index (χ4n) is 2.95. The molecule has 0 radical (unpaired) electrons. The highest BCUT2D eigenvalue weighted by Gasteiger charge is 2.26. The molecule has 0 atom stereocenters. The number of hydrogen-bond donors (Lipinski definition) is 1. The van der Waals surface area contributed by atoms with Crippen molar-refractivity contribution >= 4 is 44.4 Å². The number of anilines is 1. The molecule has 5 rings (SSSR count). The zero-order chi connectivity index (χ0) is 17.7. The number of rotatable bonds is 4. The van der Waals surface area contributed by atoms with Gasteiger partial charge in [0.2, 0.25) is 11.5 Å². The van der Waals surface area contributed by atoms with E-state index in [1.54, 1.807) is 6.07 Å². The summed E-state index contributed by atoms with van der Waals surface area (Å²) in [4.78, 5) is 33.6. The summed E-state index contributed by atoms with van der Waals surface area (Å²) in [5, 5.41) is 6.06. The number of aromatic nitrogens is 3. The summed E-state index contributed by atoms with van der Waals surface area (Å²) < 4.78 is 6.87. The lowest BCUT2D eigenvalue weighted by molar-refractivity contribution is -0.116. The highest BCUT2D eigenvalue weighted by molar-refractivity contribution is 7.13.